The summed E-state index contributed by atoms with van der Waals surface area (Å²) in [4.78, 5) is 13.1. The SMILES string of the molecule is C[C@@]1(F)C[C@@H](CO)O[C@H]1n1cc(F)c(=O)[nH]c1=S. The van der Waals surface area contributed by atoms with Crippen molar-refractivity contribution >= 4 is 12.2 Å². The highest BCUT2D eigenvalue weighted by atomic mass is 32.1. The van der Waals surface area contributed by atoms with Gasteiger partial charge in [-0.3, -0.25) is 14.3 Å². The molecule has 0 unspecified atom stereocenters. The van der Waals surface area contributed by atoms with E-state index in [1.165, 1.54) is 6.92 Å². The lowest BCUT2D eigenvalue weighted by atomic mass is 10.0. The summed E-state index contributed by atoms with van der Waals surface area (Å²) >= 11 is 4.84. The Morgan fingerprint density at radius 3 is 3.00 bits per heavy atom. The first-order chi connectivity index (χ1) is 8.35. The molecule has 0 aliphatic carbocycles. The van der Waals surface area contributed by atoms with E-state index in [-0.39, 0.29) is 17.8 Å². The molecule has 3 atom stereocenters. The van der Waals surface area contributed by atoms with Crippen LogP contribution >= 0.6 is 12.2 Å². The summed E-state index contributed by atoms with van der Waals surface area (Å²) in [6, 6.07) is 0. The normalized spacial score (nSPS) is 31.8. The second-order valence-corrected chi connectivity index (χ2v) is 4.81. The fourth-order valence-electron chi connectivity index (χ4n) is 2.02. The molecule has 1 aliphatic rings. The van der Waals surface area contributed by atoms with Crippen LogP contribution in [0.25, 0.3) is 0 Å². The molecule has 0 spiro atoms. The Morgan fingerprint density at radius 1 is 1.78 bits per heavy atom. The molecule has 1 saturated heterocycles. The molecule has 1 aromatic heterocycles. The van der Waals surface area contributed by atoms with Crippen LogP contribution in [0.15, 0.2) is 11.0 Å². The van der Waals surface area contributed by atoms with Crippen LogP contribution in [0.4, 0.5) is 8.78 Å². The van der Waals surface area contributed by atoms with Crippen molar-refractivity contribution < 1.29 is 18.6 Å². The second-order valence-electron chi connectivity index (χ2n) is 4.42. The van der Waals surface area contributed by atoms with Crippen molar-refractivity contribution in [3.8, 4) is 0 Å². The van der Waals surface area contributed by atoms with Gasteiger partial charge in [-0.2, -0.15) is 4.39 Å². The van der Waals surface area contributed by atoms with Gasteiger partial charge in [0.05, 0.1) is 18.9 Å². The van der Waals surface area contributed by atoms with Gasteiger partial charge in [-0.25, -0.2) is 4.39 Å². The smallest absolute Gasteiger partial charge is 0.287 e. The topological polar surface area (TPSA) is 67.2 Å². The van der Waals surface area contributed by atoms with E-state index in [2.05, 4.69) is 4.98 Å². The Bertz CT molecular complexity index is 569. The average Bonchev–Trinajstić information content (AvgIpc) is 2.59. The fraction of sp³-hybridized carbons (Fsp3) is 0.600. The van der Waals surface area contributed by atoms with E-state index in [1.807, 2.05) is 0 Å². The monoisotopic (exact) mass is 278 g/mol. The van der Waals surface area contributed by atoms with Gasteiger partial charge >= 0.3 is 0 Å². The third-order valence-electron chi connectivity index (χ3n) is 2.84. The molecule has 0 radical (unpaired) electrons. The van der Waals surface area contributed by atoms with Gasteiger partial charge in [0.1, 0.15) is 0 Å². The molecule has 0 amide bonds. The molecule has 1 fully saturated rings. The maximum atomic E-state index is 14.3. The summed E-state index contributed by atoms with van der Waals surface area (Å²) < 4.78 is 33.7. The van der Waals surface area contributed by atoms with Gasteiger partial charge in [-0.05, 0) is 19.1 Å². The number of H-pyrrole nitrogens is 1. The zero-order valence-electron chi connectivity index (χ0n) is 9.52. The lowest BCUT2D eigenvalue weighted by Gasteiger charge is -2.23. The predicted molar refractivity (Wildman–Crippen MR) is 61.0 cm³/mol. The molecule has 2 N–H and O–H groups in total. The number of aliphatic hydroxyl groups excluding tert-OH is 1. The van der Waals surface area contributed by atoms with Gasteiger partial charge in [-0.15, -0.1) is 0 Å². The van der Waals surface area contributed by atoms with Crippen molar-refractivity contribution in [2.45, 2.75) is 31.3 Å². The first-order valence-electron chi connectivity index (χ1n) is 5.31. The summed E-state index contributed by atoms with van der Waals surface area (Å²) in [7, 11) is 0. The Morgan fingerprint density at radius 2 is 2.44 bits per heavy atom. The maximum Gasteiger partial charge on any atom is 0.287 e. The van der Waals surface area contributed by atoms with Crippen molar-refractivity contribution in [2.75, 3.05) is 6.61 Å². The molecular weight excluding hydrogens is 266 g/mol. The van der Waals surface area contributed by atoms with Crippen molar-refractivity contribution in [3.63, 3.8) is 0 Å². The Hall–Kier alpha value is -1.12. The summed E-state index contributed by atoms with van der Waals surface area (Å²) in [5.41, 5.74) is -2.77. The lowest BCUT2D eigenvalue weighted by molar-refractivity contribution is -0.0605. The van der Waals surface area contributed by atoms with Gasteiger partial charge in [0, 0.05) is 6.42 Å². The number of aliphatic hydroxyl groups is 1. The molecule has 1 aromatic rings. The summed E-state index contributed by atoms with van der Waals surface area (Å²) in [6.45, 7) is 0.938. The van der Waals surface area contributed by atoms with Crippen LogP contribution in [0.2, 0.25) is 0 Å². The first kappa shape index (κ1) is 13.3. The summed E-state index contributed by atoms with van der Waals surface area (Å²) in [5.74, 6) is -1.07. The number of ether oxygens (including phenoxy) is 1. The van der Waals surface area contributed by atoms with Gasteiger partial charge in [0.15, 0.2) is 16.7 Å². The molecule has 8 heteroatoms. The number of alkyl halides is 1. The van der Waals surface area contributed by atoms with Crippen molar-refractivity contribution in [3.05, 3.63) is 27.1 Å². The second kappa shape index (κ2) is 4.52. The number of aromatic nitrogens is 2. The number of rotatable bonds is 2. The third kappa shape index (κ3) is 2.23. The molecule has 5 nitrogen and oxygen atoms in total. The van der Waals surface area contributed by atoms with E-state index in [4.69, 9.17) is 22.1 Å². The van der Waals surface area contributed by atoms with Crippen LogP contribution in [0, 0.1) is 10.6 Å². The Labute approximate surface area is 106 Å². The van der Waals surface area contributed by atoms with Gasteiger partial charge in [0.25, 0.3) is 5.56 Å². The van der Waals surface area contributed by atoms with Crippen LogP contribution in [0.1, 0.15) is 19.6 Å². The van der Waals surface area contributed by atoms with Gasteiger partial charge < -0.3 is 9.84 Å². The Kier molecular flexibility index (Phi) is 3.35. The number of halogens is 2. The summed E-state index contributed by atoms with van der Waals surface area (Å²) in [6.07, 6.45) is -1.07. The molecular formula is C10H12F2N2O3S. The van der Waals surface area contributed by atoms with E-state index in [1.54, 1.807) is 0 Å². The Balaban J connectivity index is 2.46. The number of nitrogens with zero attached hydrogens (tertiary/aromatic N) is 1. The van der Waals surface area contributed by atoms with Gasteiger partial charge in [0.2, 0.25) is 5.82 Å². The van der Waals surface area contributed by atoms with Crippen molar-refractivity contribution in [1.29, 1.82) is 0 Å². The van der Waals surface area contributed by atoms with Crippen molar-refractivity contribution in [2.24, 2.45) is 0 Å². The minimum Gasteiger partial charge on any atom is -0.394 e. The number of hydrogen-bond donors (Lipinski definition) is 2. The number of aromatic amines is 1. The van der Waals surface area contributed by atoms with E-state index >= 15 is 0 Å². The molecule has 0 aromatic carbocycles. The molecule has 2 rings (SSSR count). The van der Waals surface area contributed by atoms with Gasteiger partial charge in [-0.1, -0.05) is 0 Å². The molecule has 100 valence electrons. The standard InChI is InChI=1S/C10H12F2N2O3S/c1-10(12)2-5(4-15)17-8(10)14-3-6(11)7(16)13-9(14)18/h3,5,8,15H,2,4H2,1H3,(H,13,16,18)/t5-,8+,10+/m0/s1. The highest BCUT2D eigenvalue weighted by molar-refractivity contribution is 7.71. The molecule has 0 bridgehead atoms. The van der Waals surface area contributed by atoms with E-state index in [9.17, 15) is 13.6 Å². The summed E-state index contributed by atoms with van der Waals surface area (Å²) in [5, 5.41) is 8.97. The molecule has 2 heterocycles. The highest BCUT2D eigenvalue weighted by Crippen LogP contribution is 2.40. The average molecular weight is 278 g/mol. The molecule has 0 saturated carbocycles. The highest BCUT2D eigenvalue weighted by Gasteiger charge is 2.46. The zero-order chi connectivity index (χ0) is 13.5. The largest absolute Gasteiger partial charge is 0.394 e. The van der Waals surface area contributed by atoms with Crippen LogP contribution in [0.5, 0.6) is 0 Å². The zero-order valence-corrected chi connectivity index (χ0v) is 10.3. The predicted octanol–water partition coefficient (Wildman–Crippen LogP) is 1.05. The minimum absolute atomic E-state index is 0.0311. The molecule has 1 aliphatic heterocycles. The quantitative estimate of drug-likeness (QED) is 0.794. The van der Waals surface area contributed by atoms with Crippen LogP contribution in [-0.2, 0) is 4.74 Å². The van der Waals surface area contributed by atoms with Crippen LogP contribution < -0.4 is 5.56 Å². The number of nitrogens with one attached hydrogen (secondary N) is 1. The maximum absolute atomic E-state index is 14.3. The fourth-order valence-corrected chi connectivity index (χ4v) is 2.26. The first-order valence-corrected chi connectivity index (χ1v) is 5.72. The minimum atomic E-state index is -1.81. The van der Waals surface area contributed by atoms with E-state index in [0.29, 0.717) is 0 Å². The number of hydrogen-bond acceptors (Lipinski definition) is 4. The third-order valence-corrected chi connectivity index (χ3v) is 3.16. The van der Waals surface area contributed by atoms with Crippen LogP contribution in [0.3, 0.4) is 0 Å². The van der Waals surface area contributed by atoms with E-state index < -0.39 is 29.4 Å². The van der Waals surface area contributed by atoms with E-state index in [0.717, 1.165) is 10.8 Å². The molecule has 18 heavy (non-hydrogen) atoms. The lowest BCUT2D eigenvalue weighted by Crippen LogP contribution is -2.30. The van der Waals surface area contributed by atoms with Crippen LogP contribution in [-0.4, -0.2) is 33.0 Å². The van der Waals surface area contributed by atoms with Crippen molar-refractivity contribution in [1.82, 2.24) is 9.55 Å².